The van der Waals surface area contributed by atoms with E-state index in [0.29, 0.717) is 18.1 Å². The lowest BCUT2D eigenvalue weighted by molar-refractivity contribution is 0.386. The van der Waals surface area contributed by atoms with Gasteiger partial charge in [-0.25, -0.2) is 0 Å². The fraction of sp³-hybridized carbons (Fsp3) is 1.00. The van der Waals surface area contributed by atoms with E-state index in [-0.39, 0.29) is 5.54 Å². The SMILES string of the molecule is CC(C)NC(C)(C)C.CC(C)NC(C)C. The van der Waals surface area contributed by atoms with Gasteiger partial charge in [0.1, 0.15) is 0 Å². The van der Waals surface area contributed by atoms with Crippen LogP contribution in [0.25, 0.3) is 0 Å². The fourth-order valence-electron chi connectivity index (χ4n) is 1.53. The summed E-state index contributed by atoms with van der Waals surface area (Å²) in [6.45, 7) is 19.4. The van der Waals surface area contributed by atoms with Crippen molar-refractivity contribution in [2.24, 2.45) is 0 Å². The predicted octanol–water partition coefficient (Wildman–Crippen LogP) is 3.18. The van der Waals surface area contributed by atoms with Gasteiger partial charge in [0, 0.05) is 23.7 Å². The molecule has 0 aliphatic carbocycles. The number of hydrogen-bond donors (Lipinski definition) is 2. The van der Waals surface area contributed by atoms with Crippen LogP contribution in [0.2, 0.25) is 0 Å². The Kier molecular flexibility index (Phi) is 9.37. The van der Waals surface area contributed by atoms with Crippen LogP contribution < -0.4 is 10.6 Å². The molecule has 0 aromatic heterocycles. The van der Waals surface area contributed by atoms with Gasteiger partial charge in [-0.15, -0.1) is 0 Å². The molecule has 0 aliphatic rings. The second-order valence-electron chi connectivity index (χ2n) is 6.03. The maximum absolute atomic E-state index is 3.38. The molecular weight excluding hydrogens is 184 g/mol. The molecule has 0 atom stereocenters. The van der Waals surface area contributed by atoms with Crippen molar-refractivity contribution in [2.75, 3.05) is 0 Å². The molecule has 0 bridgehead atoms. The summed E-state index contributed by atoms with van der Waals surface area (Å²) in [4.78, 5) is 0. The van der Waals surface area contributed by atoms with Gasteiger partial charge in [0.25, 0.3) is 0 Å². The molecule has 0 saturated heterocycles. The molecule has 0 amide bonds. The molecule has 2 nitrogen and oxygen atoms in total. The third kappa shape index (κ3) is 24.9. The van der Waals surface area contributed by atoms with Gasteiger partial charge in [0.2, 0.25) is 0 Å². The summed E-state index contributed by atoms with van der Waals surface area (Å²) in [5.74, 6) is 0. The highest BCUT2D eigenvalue weighted by Crippen LogP contribution is 1.99. The van der Waals surface area contributed by atoms with Gasteiger partial charge in [-0.1, -0.05) is 41.5 Å². The van der Waals surface area contributed by atoms with Gasteiger partial charge in [0.15, 0.2) is 0 Å². The molecule has 0 heterocycles. The predicted molar refractivity (Wildman–Crippen MR) is 71.4 cm³/mol. The molecule has 0 aromatic carbocycles. The normalized spacial score (nSPS) is 12.0. The highest BCUT2D eigenvalue weighted by atomic mass is 15.0. The maximum Gasteiger partial charge on any atom is 0.00988 e. The van der Waals surface area contributed by atoms with Gasteiger partial charge < -0.3 is 10.6 Å². The molecule has 2 N–H and O–H groups in total. The highest BCUT2D eigenvalue weighted by Gasteiger charge is 2.08. The summed E-state index contributed by atoms with van der Waals surface area (Å²) >= 11 is 0. The van der Waals surface area contributed by atoms with E-state index in [9.17, 15) is 0 Å². The number of rotatable bonds is 3. The molecule has 94 valence electrons. The minimum atomic E-state index is 0.272. The molecule has 0 fully saturated rings. The first-order valence-electron chi connectivity index (χ1n) is 6.08. The first kappa shape index (κ1) is 17.3. The minimum absolute atomic E-state index is 0.272. The zero-order valence-electron chi connectivity index (χ0n) is 12.2. The van der Waals surface area contributed by atoms with E-state index in [1.165, 1.54) is 0 Å². The quantitative estimate of drug-likeness (QED) is 0.757. The van der Waals surface area contributed by atoms with Gasteiger partial charge in [0.05, 0.1) is 0 Å². The Morgan fingerprint density at radius 1 is 0.667 bits per heavy atom. The molecule has 0 saturated carbocycles. The molecular formula is C13H32N2. The van der Waals surface area contributed by atoms with Crippen molar-refractivity contribution >= 4 is 0 Å². The van der Waals surface area contributed by atoms with Crippen molar-refractivity contribution < 1.29 is 0 Å². The first-order valence-corrected chi connectivity index (χ1v) is 6.08. The van der Waals surface area contributed by atoms with Crippen molar-refractivity contribution in [3.8, 4) is 0 Å². The van der Waals surface area contributed by atoms with Crippen LogP contribution in [-0.2, 0) is 0 Å². The van der Waals surface area contributed by atoms with E-state index in [4.69, 9.17) is 0 Å². The zero-order valence-corrected chi connectivity index (χ0v) is 12.2. The average Bonchev–Trinajstić information content (AvgIpc) is 1.76. The average molecular weight is 216 g/mol. The van der Waals surface area contributed by atoms with E-state index in [1.54, 1.807) is 0 Å². The number of nitrogens with one attached hydrogen (secondary N) is 2. The largest absolute Gasteiger partial charge is 0.312 e. The third-order valence-corrected chi connectivity index (χ3v) is 1.39. The Bertz CT molecular complexity index is 126. The molecule has 0 spiro atoms. The summed E-state index contributed by atoms with van der Waals surface area (Å²) in [6.07, 6.45) is 0. The lowest BCUT2D eigenvalue weighted by atomic mass is 10.1. The number of hydrogen-bond acceptors (Lipinski definition) is 2. The van der Waals surface area contributed by atoms with Crippen molar-refractivity contribution in [3.63, 3.8) is 0 Å². The van der Waals surface area contributed by atoms with Gasteiger partial charge in [-0.3, -0.25) is 0 Å². The van der Waals surface area contributed by atoms with Crippen molar-refractivity contribution in [2.45, 2.75) is 86.0 Å². The van der Waals surface area contributed by atoms with E-state index in [1.807, 2.05) is 0 Å². The van der Waals surface area contributed by atoms with Crippen LogP contribution in [0.15, 0.2) is 0 Å². The van der Waals surface area contributed by atoms with Crippen molar-refractivity contribution in [3.05, 3.63) is 0 Å². The second kappa shape index (κ2) is 8.12. The standard InChI is InChI=1S/C7H17N.C6H15N/c1-6(2)8-7(3,4)5;1-5(2)7-6(3)4/h6,8H,1-5H3;5-7H,1-4H3. The Morgan fingerprint density at radius 3 is 1.00 bits per heavy atom. The summed E-state index contributed by atoms with van der Waals surface area (Å²) < 4.78 is 0. The molecule has 0 radical (unpaired) electrons. The first-order chi connectivity index (χ1) is 6.54. The lowest BCUT2D eigenvalue weighted by Gasteiger charge is -2.23. The van der Waals surface area contributed by atoms with Gasteiger partial charge >= 0.3 is 0 Å². The summed E-state index contributed by atoms with van der Waals surface area (Å²) in [5, 5.41) is 6.69. The highest BCUT2D eigenvalue weighted by molar-refractivity contribution is 4.72. The fourth-order valence-corrected chi connectivity index (χ4v) is 1.53. The summed E-state index contributed by atoms with van der Waals surface area (Å²) in [6, 6.07) is 1.84. The second-order valence-corrected chi connectivity index (χ2v) is 6.03. The summed E-state index contributed by atoms with van der Waals surface area (Å²) in [5.41, 5.74) is 0.272. The molecule has 0 unspecified atom stereocenters. The third-order valence-electron chi connectivity index (χ3n) is 1.39. The van der Waals surface area contributed by atoms with Crippen molar-refractivity contribution in [1.29, 1.82) is 0 Å². The molecule has 0 aromatic rings. The van der Waals surface area contributed by atoms with E-state index in [0.717, 1.165) is 0 Å². The van der Waals surface area contributed by atoms with E-state index >= 15 is 0 Å². The van der Waals surface area contributed by atoms with Gasteiger partial charge in [-0.2, -0.15) is 0 Å². The van der Waals surface area contributed by atoms with E-state index in [2.05, 4.69) is 72.9 Å². The van der Waals surface area contributed by atoms with Crippen LogP contribution in [-0.4, -0.2) is 23.7 Å². The van der Waals surface area contributed by atoms with Crippen LogP contribution in [0.3, 0.4) is 0 Å². The van der Waals surface area contributed by atoms with Crippen LogP contribution in [0.1, 0.15) is 62.3 Å². The lowest BCUT2D eigenvalue weighted by Crippen LogP contribution is -2.40. The smallest absolute Gasteiger partial charge is 0.00988 e. The van der Waals surface area contributed by atoms with Gasteiger partial charge in [-0.05, 0) is 20.8 Å². The Morgan fingerprint density at radius 2 is 1.00 bits per heavy atom. The minimum Gasteiger partial charge on any atom is -0.312 e. The Balaban J connectivity index is 0. The monoisotopic (exact) mass is 216 g/mol. The van der Waals surface area contributed by atoms with E-state index < -0.39 is 0 Å². The van der Waals surface area contributed by atoms with Crippen LogP contribution >= 0.6 is 0 Å². The Hall–Kier alpha value is -0.0800. The molecule has 0 aliphatic heterocycles. The molecule has 2 heteroatoms. The molecule has 15 heavy (non-hydrogen) atoms. The van der Waals surface area contributed by atoms with Crippen LogP contribution in [0, 0.1) is 0 Å². The topological polar surface area (TPSA) is 24.1 Å². The van der Waals surface area contributed by atoms with Crippen molar-refractivity contribution in [1.82, 2.24) is 10.6 Å². The van der Waals surface area contributed by atoms with Crippen LogP contribution in [0.4, 0.5) is 0 Å². The maximum atomic E-state index is 3.38. The van der Waals surface area contributed by atoms with Crippen LogP contribution in [0.5, 0.6) is 0 Å². The summed E-state index contributed by atoms with van der Waals surface area (Å²) in [7, 11) is 0. The Labute approximate surface area is 97.2 Å². The molecule has 0 rings (SSSR count). The zero-order chi connectivity index (χ0) is 12.6.